The van der Waals surface area contributed by atoms with Crippen LogP contribution in [0.2, 0.25) is 0 Å². The summed E-state index contributed by atoms with van der Waals surface area (Å²) in [6, 6.07) is 1.24. The molecule has 4 rings (SSSR count). The highest BCUT2D eigenvalue weighted by Crippen LogP contribution is 2.40. The zero-order valence-corrected chi connectivity index (χ0v) is 23.5. The van der Waals surface area contributed by atoms with E-state index in [2.05, 4.69) is 58.5 Å². The third-order valence-electron chi connectivity index (χ3n) is 6.37. The maximum Gasteiger partial charge on any atom is 0.252 e. The molecule has 2 aromatic heterocycles. The number of hydrogen-bond acceptors (Lipinski definition) is 11. The van der Waals surface area contributed by atoms with Crippen molar-refractivity contribution in [2.75, 3.05) is 29.5 Å². The molecule has 2 aliphatic heterocycles. The van der Waals surface area contributed by atoms with Crippen LogP contribution in [0.3, 0.4) is 0 Å². The molecule has 4 heterocycles. The topological polar surface area (TPSA) is 128 Å². The summed E-state index contributed by atoms with van der Waals surface area (Å²) in [4.78, 5) is 1.22. The van der Waals surface area contributed by atoms with Crippen LogP contribution in [0.25, 0.3) is 0 Å². The maximum absolute atomic E-state index is 13.2. The lowest BCUT2D eigenvalue weighted by atomic mass is 10.00. The zero-order chi connectivity index (χ0) is 25.3. The van der Waals surface area contributed by atoms with Crippen molar-refractivity contribution in [2.45, 2.75) is 64.6 Å². The van der Waals surface area contributed by atoms with Gasteiger partial charge in [0.05, 0.1) is 30.4 Å². The summed E-state index contributed by atoms with van der Waals surface area (Å²) in [6.45, 7) is 8.78. The highest BCUT2D eigenvalue weighted by Gasteiger charge is 2.42. The Bertz CT molecular complexity index is 1160. The Morgan fingerprint density at radius 3 is 2.63 bits per heavy atom. The van der Waals surface area contributed by atoms with Crippen LogP contribution in [-0.2, 0) is 10.0 Å². The predicted octanol–water partition coefficient (Wildman–Crippen LogP) is 4.57. The fraction of sp³-hybridized carbons (Fsp3) is 0.636. The van der Waals surface area contributed by atoms with Gasteiger partial charge in [0.25, 0.3) is 10.0 Å². The lowest BCUT2D eigenvalue weighted by Gasteiger charge is -2.23. The third-order valence-corrected chi connectivity index (χ3v) is 11.7. The number of aliphatic hydroxyl groups excluding tert-OH is 2. The second kappa shape index (κ2) is 10.9. The number of rotatable bonds is 10. The van der Waals surface area contributed by atoms with Gasteiger partial charge < -0.3 is 20.8 Å². The van der Waals surface area contributed by atoms with Crippen LogP contribution in [0.15, 0.2) is 21.4 Å². The summed E-state index contributed by atoms with van der Waals surface area (Å²) in [6.07, 6.45) is 1.32. The molecule has 3 atom stereocenters. The molecule has 2 aromatic rings. The van der Waals surface area contributed by atoms with E-state index in [0.29, 0.717) is 48.6 Å². The summed E-state index contributed by atoms with van der Waals surface area (Å²) < 4.78 is 36.4. The molecule has 0 amide bonds. The third kappa shape index (κ3) is 5.49. The van der Waals surface area contributed by atoms with Gasteiger partial charge in [0, 0.05) is 23.2 Å². The monoisotopic (exact) mass is 559 g/mol. The number of nitrogens with one attached hydrogen (secondary N) is 2. The fourth-order valence-corrected chi connectivity index (χ4v) is 9.54. The van der Waals surface area contributed by atoms with Gasteiger partial charge in [0.15, 0.2) is 15.9 Å². The largest absolute Gasteiger partial charge is 0.508 e. The Balaban J connectivity index is 1.51. The zero-order valence-electron chi connectivity index (χ0n) is 20.3. The van der Waals surface area contributed by atoms with E-state index >= 15 is 0 Å². The van der Waals surface area contributed by atoms with E-state index in [4.69, 9.17) is 0 Å². The highest BCUT2D eigenvalue weighted by molar-refractivity contribution is 8.18. The Morgan fingerprint density at radius 1 is 1.23 bits per heavy atom. The summed E-state index contributed by atoms with van der Waals surface area (Å²) in [7, 11) is -3.86. The Morgan fingerprint density at radius 2 is 1.97 bits per heavy atom. The molecule has 194 valence electrons. The van der Waals surface area contributed by atoms with E-state index in [9.17, 15) is 18.6 Å². The first-order valence-corrected chi connectivity index (χ1v) is 15.8. The van der Waals surface area contributed by atoms with Gasteiger partial charge in [-0.25, -0.2) is 8.42 Å². The molecule has 9 nitrogen and oxygen atoms in total. The second-order valence-corrected chi connectivity index (χ2v) is 14.1. The molecule has 35 heavy (non-hydrogen) atoms. The lowest BCUT2D eigenvalue weighted by Crippen LogP contribution is -2.38. The van der Waals surface area contributed by atoms with Gasteiger partial charge >= 0.3 is 0 Å². The Labute approximate surface area is 219 Å². The average Bonchev–Trinajstić information content (AvgIpc) is 3.60. The summed E-state index contributed by atoms with van der Waals surface area (Å²) in [5, 5.41) is 29.3. The quantitative estimate of drug-likeness (QED) is 0.331. The number of sulfonamides is 1. The molecule has 1 saturated heterocycles. The molecule has 4 N–H and O–H groups in total. The molecule has 0 aromatic carbocycles. The predicted molar refractivity (Wildman–Crippen MR) is 145 cm³/mol. The minimum atomic E-state index is -3.86. The molecule has 13 heteroatoms. The first-order valence-electron chi connectivity index (χ1n) is 11.8. The van der Waals surface area contributed by atoms with Crippen molar-refractivity contribution >= 4 is 56.5 Å². The molecule has 0 spiro atoms. The molecule has 0 radical (unpaired) electrons. The molecule has 0 bridgehead atoms. The van der Waals surface area contributed by atoms with Crippen molar-refractivity contribution in [1.82, 2.24) is 13.1 Å². The van der Waals surface area contributed by atoms with Gasteiger partial charge in [-0.05, 0) is 41.7 Å². The van der Waals surface area contributed by atoms with Crippen molar-refractivity contribution in [3.63, 3.8) is 0 Å². The van der Waals surface area contributed by atoms with E-state index in [-0.39, 0.29) is 22.6 Å². The van der Waals surface area contributed by atoms with Crippen molar-refractivity contribution in [3.8, 4) is 0 Å². The van der Waals surface area contributed by atoms with Crippen LogP contribution >= 0.6 is 34.8 Å². The van der Waals surface area contributed by atoms with Crippen LogP contribution < -0.4 is 10.6 Å². The van der Waals surface area contributed by atoms with Gasteiger partial charge in [-0.3, -0.25) is 0 Å². The van der Waals surface area contributed by atoms with E-state index in [0.717, 1.165) is 23.5 Å². The number of thiophene rings is 1. The highest BCUT2D eigenvalue weighted by atomic mass is 32.3. The number of thioether (sulfide) groups is 1. The first kappa shape index (κ1) is 26.7. The second-order valence-electron chi connectivity index (χ2n) is 9.54. The number of anilines is 2. The number of nitrogens with zero attached hydrogens (tertiary/aromatic N) is 3. The van der Waals surface area contributed by atoms with Crippen LogP contribution in [0.5, 0.6) is 0 Å². The normalized spacial score (nSPS) is 22.5. The fourth-order valence-electron chi connectivity index (χ4n) is 4.28. The van der Waals surface area contributed by atoms with Gasteiger partial charge in [0.2, 0.25) is 0 Å². The molecule has 1 fully saturated rings. The molecule has 2 aliphatic rings. The Kier molecular flexibility index (Phi) is 8.33. The lowest BCUT2D eigenvalue weighted by molar-refractivity contribution is 0.214. The van der Waals surface area contributed by atoms with E-state index in [1.165, 1.54) is 14.7 Å². The van der Waals surface area contributed by atoms with E-state index in [1.54, 1.807) is 11.3 Å². The first-order chi connectivity index (χ1) is 16.6. The summed E-state index contributed by atoms with van der Waals surface area (Å²) >= 11 is 3.89. The van der Waals surface area contributed by atoms with Crippen LogP contribution in [-0.4, -0.2) is 62.7 Å². The van der Waals surface area contributed by atoms with Gasteiger partial charge in [-0.1, -0.05) is 27.7 Å². The molecular weight excluding hydrogens is 527 g/mol. The number of hydrogen-bond donors (Lipinski definition) is 4. The van der Waals surface area contributed by atoms with E-state index < -0.39 is 22.1 Å². The van der Waals surface area contributed by atoms with Gasteiger partial charge in [0.1, 0.15) is 5.76 Å². The van der Waals surface area contributed by atoms with Crippen molar-refractivity contribution < 1.29 is 18.6 Å². The maximum atomic E-state index is 13.2. The number of aromatic nitrogens is 2. The molecule has 0 saturated carbocycles. The minimum Gasteiger partial charge on any atom is -0.508 e. The van der Waals surface area contributed by atoms with Crippen LogP contribution in [0.4, 0.5) is 11.6 Å². The smallest absolute Gasteiger partial charge is 0.252 e. The molecular formula is C22H33N5O4S4. The van der Waals surface area contributed by atoms with Crippen molar-refractivity contribution in [2.24, 2.45) is 5.92 Å². The SMILES string of the molecule is CC(C)c1csc([C@H](Nc2nsnc2NC2CSC(S(=O)(=O)N3CCCC3CO)=C2O)C(C)C)c1. The van der Waals surface area contributed by atoms with Gasteiger partial charge in [-0.2, -0.15) is 13.1 Å². The molecule has 2 unspecified atom stereocenters. The minimum absolute atomic E-state index is 0.0422. The molecule has 0 aliphatic carbocycles. The Hall–Kier alpha value is -1.38. The summed E-state index contributed by atoms with van der Waals surface area (Å²) in [5.41, 5.74) is 1.31. The average molecular weight is 560 g/mol. The standard InChI is InChI=1S/C22H33N5O4S4/c1-12(2)14-8-17(32-10-14)18(13(3)4)24-21-20(25-34-26-21)23-16-11-33-22(19(16)29)35(30,31)27-7-5-6-15(27)9-28/h8,10,12-13,15-16,18,28-29H,5-7,9,11H2,1-4H3,(H,23,25)(H,24,26)/t15?,16?,18-/m1/s1. The van der Waals surface area contributed by atoms with Gasteiger partial charge in [-0.15, -0.1) is 23.1 Å². The van der Waals surface area contributed by atoms with Crippen molar-refractivity contribution in [3.05, 3.63) is 31.9 Å². The summed E-state index contributed by atoms with van der Waals surface area (Å²) in [5.74, 6) is 1.98. The van der Waals surface area contributed by atoms with Crippen molar-refractivity contribution in [1.29, 1.82) is 0 Å². The number of aliphatic hydroxyl groups is 2. The van der Waals surface area contributed by atoms with Crippen LogP contribution in [0, 0.1) is 5.92 Å². The van der Waals surface area contributed by atoms with E-state index in [1.807, 2.05) is 0 Å². The van der Waals surface area contributed by atoms with Crippen LogP contribution in [0.1, 0.15) is 62.9 Å².